The molecule has 1 saturated carbocycles. The third-order valence-electron chi connectivity index (χ3n) is 2.93. The van der Waals surface area contributed by atoms with Crippen molar-refractivity contribution in [1.29, 1.82) is 0 Å². The highest BCUT2D eigenvalue weighted by atomic mass is 16.5. The second kappa shape index (κ2) is 6.40. The second-order valence-electron chi connectivity index (χ2n) is 4.79. The van der Waals surface area contributed by atoms with Gasteiger partial charge in [0.1, 0.15) is 0 Å². The normalized spacial score (nSPS) is 14.4. The van der Waals surface area contributed by atoms with E-state index in [1.807, 2.05) is 24.3 Å². The fourth-order valence-corrected chi connectivity index (χ4v) is 1.75. The predicted molar refractivity (Wildman–Crippen MR) is 71.1 cm³/mol. The van der Waals surface area contributed by atoms with E-state index in [0.29, 0.717) is 25.3 Å². The van der Waals surface area contributed by atoms with Crippen molar-refractivity contribution in [3.8, 4) is 0 Å². The molecule has 0 aromatic heterocycles. The largest absolute Gasteiger partial charge is 0.399 e. The van der Waals surface area contributed by atoms with Crippen molar-refractivity contribution in [2.45, 2.75) is 19.3 Å². The third kappa shape index (κ3) is 4.75. The number of nitrogen functional groups attached to an aromatic ring is 1. The monoisotopic (exact) mass is 248 g/mol. The number of carbonyl (C=O) groups excluding carboxylic acids is 1. The van der Waals surface area contributed by atoms with E-state index in [0.717, 1.165) is 18.1 Å². The molecule has 1 aromatic rings. The zero-order valence-corrected chi connectivity index (χ0v) is 10.5. The maximum atomic E-state index is 11.6. The molecule has 2 rings (SSSR count). The number of carbonyl (C=O) groups is 1. The molecule has 98 valence electrons. The Labute approximate surface area is 108 Å². The van der Waals surface area contributed by atoms with E-state index < -0.39 is 0 Å². The van der Waals surface area contributed by atoms with Crippen LogP contribution in [0.1, 0.15) is 18.4 Å². The Hall–Kier alpha value is -1.55. The van der Waals surface area contributed by atoms with Crippen LogP contribution >= 0.6 is 0 Å². The summed E-state index contributed by atoms with van der Waals surface area (Å²) in [5, 5.41) is 2.84. The highest BCUT2D eigenvalue weighted by Gasteiger charge is 2.20. The number of benzene rings is 1. The molecule has 3 N–H and O–H groups in total. The van der Waals surface area contributed by atoms with Gasteiger partial charge in [-0.1, -0.05) is 12.1 Å². The van der Waals surface area contributed by atoms with Crippen LogP contribution in [0.15, 0.2) is 24.3 Å². The van der Waals surface area contributed by atoms with E-state index in [-0.39, 0.29) is 5.91 Å². The van der Waals surface area contributed by atoms with Gasteiger partial charge < -0.3 is 15.8 Å². The minimum Gasteiger partial charge on any atom is -0.399 e. The van der Waals surface area contributed by atoms with Crippen molar-refractivity contribution >= 4 is 11.6 Å². The Kier molecular flexibility index (Phi) is 4.59. The first-order chi connectivity index (χ1) is 8.74. The standard InChI is InChI=1S/C14H20N2O2/c15-13-3-1-2-12(8-13)9-14(17)16-6-7-18-10-11-4-5-11/h1-3,8,11H,4-7,9-10,15H2,(H,16,17). The number of rotatable bonds is 7. The summed E-state index contributed by atoms with van der Waals surface area (Å²) in [7, 11) is 0. The third-order valence-corrected chi connectivity index (χ3v) is 2.93. The minimum atomic E-state index is 0.00984. The zero-order chi connectivity index (χ0) is 12.8. The van der Waals surface area contributed by atoms with E-state index in [9.17, 15) is 4.79 Å². The highest BCUT2D eigenvalue weighted by molar-refractivity contribution is 5.78. The van der Waals surface area contributed by atoms with Crippen molar-refractivity contribution in [1.82, 2.24) is 5.32 Å². The summed E-state index contributed by atoms with van der Waals surface area (Å²) in [4.78, 5) is 11.6. The predicted octanol–water partition coefficient (Wildman–Crippen LogP) is 1.35. The molecule has 1 aliphatic carbocycles. The summed E-state index contributed by atoms with van der Waals surface area (Å²) >= 11 is 0. The maximum Gasteiger partial charge on any atom is 0.224 e. The fraction of sp³-hybridized carbons (Fsp3) is 0.500. The van der Waals surface area contributed by atoms with Crippen molar-refractivity contribution in [3.05, 3.63) is 29.8 Å². The summed E-state index contributed by atoms with van der Waals surface area (Å²) in [6, 6.07) is 7.40. The number of hydrogen-bond acceptors (Lipinski definition) is 3. The lowest BCUT2D eigenvalue weighted by atomic mass is 10.1. The van der Waals surface area contributed by atoms with Gasteiger partial charge in [-0.15, -0.1) is 0 Å². The van der Waals surface area contributed by atoms with Crippen LogP contribution in [-0.4, -0.2) is 25.7 Å². The smallest absolute Gasteiger partial charge is 0.224 e. The van der Waals surface area contributed by atoms with Gasteiger partial charge in [0.15, 0.2) is 0 Å². The van der Waals surface area contributed by atoms with Crippen LogP contribution in [0.4, 0.5) is 5.69 Å². The van der Waals surface area contributed by atoms with Crippen molar-refractivity contribution in [2.24, 2.45) is 5.92 Å². The molecular formula is C14H20N2O2. The maximum absolute atomic E-state index is 11.6. The van der Waals surface area contributed by atoms with Gasteiger partial charge in [-0.05, 0) is 36.5 Å². The molecule has 0 bridgehead atoms. The van der Waals surface area contributed by atoms with Crippen molar-refractivity contribution in [2.75, 3.05) is 25.5 Å². The molecule has 18 heavy (non-hydrogen) atoms. The van der Waals surface area contributed by atoms with Gasteiger partial charge in [0.25, 0.3) is 0 Å². The van der Waals surface area contributed by atoms with Crippen LogP contribution in [0.5, 0.6) is 0 Å². The quantitative estimate of drug-likeness (QED) is 0.565. The second-order valence-corrected chi connectivity index (χ2v) is 4.79. The van der Waals surface area contributed by atoms with Crippen molar-refractivity contribution in [3.63, 3.8) is 0 Å². The summed E-state index contributed by atoms with van der Waals surface area (Å²) in [5.74, 6) is 0.781. The summed E-state index contributed by atoms with van der Waals surface area (Å²) in [5.41, 5.74) is 7.28. The Morgan fingerprint density at radius 1 is 1.44 bits per heavy atom. The molecule has 4 nitrogen and oxygen atoms in total. The lowest BCUT2D eigenvalue weighted by Crippen LogP contribution is -2.28. The molecule has 0 saturated heterocycles. The van der Waals surface area contributed by atoms with E-state index in [1.54, 1.807) is 0 Å². The van der Waals surface area contributed by atoms with Crippen LogP contribution in [0.25, 0.3) is 0 Å². The number of hydrogen-bond donors (Lipinski definition) is 2. The topological polar surface area (TPSA) is 64.4 Å². The van der Waals surface area contributed by atoms with E-state index in [4.69, 9.17) is 10.5 Å². The lowest BCUT2D eigenvalue weighted by molar-refractivity contribution is -0.120. The highest BCUT2D eigenvalue weighted by Crippen LogP contribution is 2.28. The molecule has 1 fully saturated rings. The van der Waals surface area contributed by atoms with Crippen LogP contribution in [0.2, 0.25) is 0 Å². The van der Waals surface area contributed by atoms with Gasteiger partial charge in [-0.3, -0.25) is 4.79 Å². The number of amides is 1. The molecule has 1 aliphatic rings. The van der Waals surface area contributed by atoms with Crippen LogP contribution in [0.3, 0.4) is 0 Å². The minimum absolute atomic E-state index is 0.00984. The van der Waals surface area contributed by atoms with Gasteiger partial charge in [-0.2, -0.15) is 0 Å². The number of nitrogens with two attached hydrogens (primary N) is 1. The molecule has 0 aliphatic heterocycles. The lowest BCUT2D eigenvalue weighted by Gasteiger charge is -2.06. The first-order valence-electron chi connectivity index (χ1n) is 6.43. The average molecular weight is 248 g/mol. The summed E-state index contributed by atoms with van der Waals surface area (Å²) in [6.07, 6.45) is 2.96. The van der Waals surface area contributed by atoms with Gasteiger partial charge in [0.2, 0.25) is 5.91 Å². The Balaban J connectivity index is 1.59. The van der Waals surface area contributed by atoms with Crippen LogP contribution in [0, 0.1) is 5.92 Å². The molecule has 0 atom stereocenters. The van der Waals surface area contributed by atoms with Gasteiger partial charge in [0.05, 0.1) is 13.0 Å². The number of anilines is 1. The fourth-order valence-electron chi connectivity index (χ4n) is 1.75. The Morgan fingerprint density at radius 2 is 2.28 bits per heavy atom. The van der Waals surface area contributed by atoms with Gasteiger partial charge in [0, 0.05) is 18.8 Å². The summed E-state index contributed by atoms with van der Waals surface area (Å²) < 4.78 is 5.44. The summed E-state index contributed by atoms with van der Waals surface area (Å²) in [6.45, 7) is 2.01. The Morgan fingerprint density at radius 3 is 3.00 bits per heavy atom. The molecule has 0 radical (unpaired) electrons. The SMILES string of the molecule is Nc1cccc(CC(=O)NCCOCC2CC2)c1. The molecule has 1 amide bonds. The Bertz CT molecular complexity index is 403. The average Bonchev–Trinajstić information content (AvgIpc) is 3.12. The van der Waals surface area contributed by atoms with E-state index in [2.05, 4.69) is 5.32 Å². The van der Waals surface area contributed by atoms with E-state index in [1.165, 1.54) is 12.8 Å². The molecule has 0 unspecified atom stereocenters. The number of ether oxygens (including phenoxy) is 1. The molecular weight excluding hydrogens is 228 g/mol. The number of nitrogens with one attached hydrogen (secondary N) is 1. The van der Waals surface area contributed by atoms with Gasteiger partial charge >= 0.3 is 0 Å². The van der Waals surface area contributed by atoms with Crippen LogP contribution in [-0.2, 0) is 16.0 Å². The first kappa shape index (κ1) is 12.9. The molecule has 1 aromatic carbocycles. The van der Waals surface area contributed by atoms with E-state index >= 15 is 0 Å². The molecule has 0 heterocycles. The molecule has 4 heteroatoms. The van der Waals surface area contributed by atoms with Gasteiger partial charge in [-0.25, -0.2) is 0 Å². The first-order valence-corrected chi connectivity index (χ1v) is 6.43. The van der Waals surface area contributed by atoms with Crippen LogP contribution < -0.4 is 11.1 Å². The van der Waals surface area contributed by atoms with Crippen molar-refractivity contribution < 1.29 is 9.53 Å². The zero-order valence-electron chi connectivity index (χ0n) is 10.5. The molecule has 0 spiro atoms.